The Morgan fingerprint density at radius 1 is 1.09 bits per heavy atom. The highest BCUT2D eigenvalue weighted by molar-refractivity contribution is 5.40. The van der Waals surface area contributed by atoms with Crippen LogP contribution in [0.15, 0.2) is 30.5 Å². The molecular weight excluding hydrogens is 284 g/mol. The SMILES string of the molecule is Cc1ccc(C(CNc2nc(C)cnc2C)N2CCCC2)cc1. The number of aromatic nitrogens is 2. The number of likely N-dealkylation sites (tertiary alicyclic amines) is 1. The molecule has 1 aromatic carbocycles. The summed E-state index contributed by atoms with van der Waals surface area (Å²) < 4.78 is 0. The summed E-state index contributed by atoms with van der Waals surface area (Å²) in [4.78, 5) is 11.6. The van der Waals surface area contributed by atoms with E-state index in [2.05, 4.69) is 51.4 Å². The first-order valence-electron chi connectivity index (χ1n) is 8.48. The minimum atomic E-state index is 0.389. The van der Waals surface area contributed by atoms with Crippen molar-refractivity contribution < 1.29 is 0 Å². The van der Waals surface area contributed by atoms with Gasteiger partial charge in [-0.15, -0.1) is 0 Å². The molecule has 0 aliphatic carbocycles. The number of hydrogen-bond donors (Lipinski definition) is 1. The molecule has 1 aliphatic rings. The van der Waals surface area contributed by atoms with Gasteiger partial charge in [-0.05, 0) is 52.3 Å². The molecule has 122 valence electrons. The van der Waals surface area contributed by atoms with Crippen molar-refractivity contribution in [3.63, 3.8) is 0 Å². The van der Waals surface area contributed by atoms with Crippen molar-refractivity contribution >= 4 is 5.82 Å². The van der Waals surface area contributed by atoms with Gasteiger partial charge in [0.1, 0.15) is 5.82 Å². The minimum Gasteiger partial charge on any atom is -0.367 e. The molecule has 1 unspecified atom stereocenters. The van der Waals surface area contributed by atoms with Crippen LogP contribution in [0.25, 0.3) is 0 Å². The van der Waals surface area contributed by atoms with Crippen LogP contribution in [0.3, 0.4) is 0 Å². The maximum atomic E-state index is 4.59. The number of anilines is 1. The molecule has 1 fully saturated rings. The van der Waals surface area contributed by atoms with E-state index in [9.17, 15) is 0 Å². The highest BCUT2D eigenvalue weighted by Crippen LogP contribution is 2.26. The predicted octanol–water partition coefficient (Wildman–Crippen LogP) is 3.65. The van der Waals surface area contributed by atoms with Gasteiger partial charge in [-0.2, -0.15) is 0 Å². The number of benzene rings is 1. The van der Waals surface area contributed by atoms with Gasteiger partial charge in [0.05, 0.1) is 17.4 Å². The van der Waals surface area contributed by atoms with Crippen LogP contribution >= 0.6 is 0 Å². The fourth-order valence-electron chi connectivity index (χ4n) is 3.20. The highest BCUT2D eigenvalue weighted by atomic mass is 15.2. The first-order valence-corrected chi connectivity index (χ1v) is 8.48. The van der Waals surface area contributed by atoms with Crippen molar-refractivity contribution in [3.05, 3.63) is 53.0 Å². The Morgan fingerprint density at radius 2 is 1.78 bits per heavy atom. The average molecular weight is 310 g/mol. The van der Waals surface area contributed by atoms with E-state index in [4.69, 9.17) is 0 Å². The highest BCUT2D eigenvalue weighted by Gasteiger charge is 2.23. The van der Waals surface area contributed by atoms with Crippen LogP contribution in [0.5, 0.6) is 0 Å². The molecule has 4 nitrogen and oxygen atoms in total. The van der Waals surface area contributed by atoms with E-state index in [1.807, 2.05) is 20.0 Å². The van der Waals surface area contributed by atoms with Gasteiger partial charge in [-0.1, -0.05) is 29.8 Å². The summed E-state index contributed by atoms with van der Waals surface area (Å²) in [6.45, 7) is 9.35. The Hall–Kier alpha value is -1.94. The standard InChI is InChI=1S/C19H26N4/c1-14-6-8-17(9-7-14)18(23-10-4-5-11-23)13-21-19-16(3)20-12-15(2)22-19/h6-9,12,18H,4-5,10-11,13H2,1-3H3,(H,21,22). The van der Waals surface area contributed by atoms with Gasteiger partial charge < -0.3 is 5.32 Å². The second-order valence-electron chi connectivity index (χ2n) is 6.50. The lowest BCUT2D eigenvalue weighted by atomic mass is 10.0. The van der Waals surface area contributed by atoms with E-state index >= 15 is 0 Å². The third kappa shape index (κ3) is 3.88. The van der Waals surface area contributed by atoms with Crippen molar-refractivity contribution in [2.24, 2.45) is 0 Å². The maximum Gasteiger partial charge on any atom is 0.147 e. The van der Waals surface area contributed by atoms with E-state index in [1.165, 1.54) is 37.1 Å². The van der Waals surface area contributed by atoms with E-state index < -0.39 is 0 Å². The van der Waals surface area contributed by atoms with E-state index in [0.29, 0.717) is 6.04 Å². The summed E-state index contributed by atoms with van der Waals surface area (Å²) in [5.41, 5.74) is 4.59. The van der Waals surface area contributed by atoms with Gasteiger partial charge in [-0.3, -0.25) is 9.88 Å². The van der Waals surface area contributed by atoms with Crippen molar-refractivity contribution in [3.8, 4) is 0 Å². The molecule has 2 aromatic rings. The minimum absolute atomic E-state index is 0.389. The smallest absolute Gasteiger partial charge is 0.147 e. The van der Waals surface area contributed by atoms with Crippen molar-refractivity contribution in [1.29, 1.82) is 0 Å². The maximum absolute atomic E-state index is 4.59. The molecule has 4 heteroatoms. The Bertz CT molecular complexity index is 645. The second-order valence-corrected chi connectivity index (χ2v) is 6.50. The molecule has 0 amide bonds. The number of nitrogens with one attached hydrogen (secondary N) is 1. The summed E-state index contributed by atoms with van der Waals surface area (Å²) in [6, 6.07) is 9.32. The molecule has 0 radical (unpaired) electrons. The number of aryl methyl sites for hydroxylation is 3. The quantitative estimate of drug-likeness (QED) is 0.915. The first kappa shape index (κ1) is 15.9. The summed E-state index contributed by atoms with van der Waals surface area (Å²) in [5, 5.41) is 3.53. The number of hydrogen-bond acceptors (Lipinski definition) is 4. The Labute approximate surface area is 139 Å². The van der Waals surface area contributed by atoms with Gasteiger partial charge in [0.25, 0.3) is 0 Å². The molecule has 0 spiro atoms. The molecule has 0 saturated carbocycles. The van der Waals surface area contributed by atoms with Crippen molar-refractivity contribution in [2.45, 2.75) is 39.7 Å². The fraction of sp³-hybridized carbons (Fsp3) is 0.474. The molecule has 2 heterocycles. The molecular formula is C19H26N4. The van der Waals surface area contributed by atoms with Crippen LogP contribution in [0, 0.1) is 20.8 Å². The van der Waals surface area contributed by atoms with Gasteiger partial charge >= 0.3 is 0 Å². The van der Waals surface area contributed by atoms with Crippen LogP contribution in [-0.2, 0) is 0 Å². The third-order valence-corrected chi connectivity index (χ3v) is 4.58. The van der Waals surface area contributed by atoms with Crippen molar-refractivity contribution in [2.75, 3.05) is 25.0 Å². The molecule has 0 bridgehead atoms. The molecule has 1 aliphatic heterocycles. The predicted molar refractivity (Wildman–Crippen MR) is 94.7 cm³/mol. The van der Waals surface area contributed by atoms with E-state index in [-0.39, 0.29) is 0 Å². The topological polar surface area (TPSA) is 41.1 Å². The first-order chi connectivity index (χ1) is 11.1. The summed E-state index contributed by atoms with van der Waals surface area (Å²) in [5.74, 6) is 0.904. The molecule has 1 atom stereocenters. The monoisotopic (exact) mass is 310 g/mol. The van der Waals surface area contributed by atoms with Crippen molar-refractivity contribution in [1.82, 2.24) is 14.9 Å². The van der Waals surface area contributed by atoms with Crippen LogP contribution < -0.4 is 5.32 Å². The molecule has 1 N–H and O–H groups in total. The zero-order valence-electron chi connectivity index (χ0n) is 14.3. The van der Waals surface area contributed by atoms with Gasteiger partial charge in [0, 0.05) is 12.7 Å². The van der Waals surface area contributed by atoms with Gasteiger partial charge in [0.2, 0.25) is 0 Å². The molecule has 1 saturated heterocycles. The fourth-order valence-corrected chi connectivity index (χ4v) is 3.20. The van der Waals surface area contributed by atoms with Crippen LogP contribution in [0.4, 0.5) is 5.82 Å². The Morgan fingerprint density at radius 3 is 2.48 bits per heavy atom. The lowest BCUT2D eigenvalue weighted by molar-refractivity contribution is 0.256. The lowest BCUT2D eigenvalue weighted by Crippen LogP contribution is -2.31. The third-order valence-electron chi connectivity index (χ3n) is 4.58. The zero-order chi connectivity index (χ0) is 16.2. The van der Waals surface area contributed by atoms with E-state index in [1.54, 1.807) is 0 Å². The zero-order valence-corrected chi connectivity index (χ0v) is 14.3. The molecule has 3 rings (SSSR count). The lowest BCUT2D eigenvalue weighted by Gasteiger charge is -2.28. The number of nitrogens with zero attached hydrogens (tertiary/aromatic N) is 3. The second kappa shape index (κ2) is 7.09. The van der Waals surface area contributed by atoms with Crippen LogP contribution in [0.2, 0.25) is 0 Å². The largest absolute Gasteiger partial charge is 0.367 e. The Balaban J connectivity index is 1.78. The molecule has 1 aromatic heterocycles. The molecule has 23 heavy (non-hydrogen) atoms. The van der Waals surface area contributed by atoms with Gasteiger partial charge in [0.15, 0.2) is 0 Å². The Kier molecular flexibility index (Phi) is 4.91. The average Bonchev–Trinajstić information content (AvgIpc) is 3.07. The normalized spacial score (nSPS) is 16.5. The summed E-state index contributed by atoms with van der Waals surface area (Å²) in [7, 11) is 0. The van der Waals surface area contributed by atoms with Gasteiger partial charge in [-0.25, -0.2) is 4.98 Å². The van der Waals surface area contributed by atoms with Crippen LogP contribution in [0.1, 0.15) is 41.4 Å². The number of rotatable bonds is 5. The van der Waals surface area contributed by atoms with E-state index in [0.717, 1.165) is 23.8 Å². The summed E-state index contributed by atoms with van der Waals surface area (Å²) in [6.07, 6.45) is 4.41. The summed E-state index contributed by atoms with van der Waals surface area (Å²) >= 11 is 0. The van der Waals surface area contributed by atoms with Crippen LogP contribution in [-0.4, -0.2) is 34.5 Å².